The van der Waals surface area contributed by atoms with Crippen molar-refractivity contribution in [2.45, 2.75) is 104 Å². The first-order valence-electron chi connectivity index (χ1n) is 8.91. The van der Waals surface area contributed by atoms with Crippen LogP contribution in [-0.4, -0.2) is 6.71 Å². The largest absolute Gasteiger partial charge is 0.149 e. The summed E-state index contributed by atoms with van der Waals surface area (Å²) in [6.45, 7) is 15.7. The van der Waals surface area contributed by atoms with Gasteiger partial charge in [0, 0.05) is 0 Å². The zero-order valence-electron chi connectivity index (χ0n) is 14.5. The molecule has 1 rings (SSSR count). The van der Waals surface area contributed by atoms with Gasteiger partial charge in [-0.15, -0.1) is 0 Å². The fourth-order valence-corrected chi connectivity index (χ4v) is 4.12. The molecule has 0 N–H and O–H groups in total. The summed E-state index contributed by atoms with van der Waals surface area (Å²) in [4.78, 5) is 0. The molecule has 1 heteroatoms. The van der Waals surface area contributed by atoms with E-state index >= 15 is 0 Å². The van der Waals surface area contributed by atoms with Crippen LogP contribution in [0.4, 0.5) is 0 Å². The Morgan fingerprint density at radius 3 is 2.26 bits per heavy atom. The number of hydrogen-bond acceptors (Lipinski definition) is 0. The van der Waals surface area contributed by atoms with Gasteiger partial charge in [-0.05, 0) is 11.8 Å². The van der Waals surface area contributed by atoms with Gasteiger partial charge in [0.05, 0.1) is 0 Å². The summed E-state index contributed by atoms with van der Waals surface area (Å²) >= 11 is 0. The molecule has 2 atom stereocenters. The van der Waals surface area contributed by atoms with Crippen molar-refractivity contribution in [3.05, 3.63) is 0 Å². The molecule has 0 spiro atoms. The van der Waals surface area contributed by atoms with E-state index in [1.54, 1.807) is 0 Å². The summed E-state index contributed by atoms with van der Waals surface area (Å²) in [5.74, 6) is 2.75. The third-order valence-electron chi connectivity index (χ3n) is 6.26. The highest BCUT2D eigenvalue weighted by Gasteiger charge is 2.42. The van der Waals surface area contributed by atoms with Gasteiger partial charge in [0.1, 0.15) is 6.71 Å². The Bertz CT molecular complexity index is 244. The summed E-state index contributed by atoms with van der Waals surface area (Å²) in [5.41, 5.74) is 0. The van der Waals surface area contributed by atoms with Gasteiger partial charge in [-0.3, -0.25) is 0 Å². The minimum Gasteiger partial charge on any atom is -0.0735 e. The topological polar surface area (TPSA) is 0 Å². The van der Waals surface area contributed by atoms with Crippen molar-refractivity contribution in [1.29, 1.82) is 0 Å². The average molecular weight is 264 g/mol. The number of rotatable bonds is 7. The van der Waals surface area contributed by atoms with Crippen molar-refractivity contribution in [2.75, 3.05) is 0 Å². The molecule has 112 valence electrons. The minimum absolute atomic E-state index is 0.504. The Morgan fingerprint density at radius 2 is 1.74 bits per heavy atom. The predicted molar refractivity (Wildman–Crippen MR) is 90.3 cm³/mol. The fourth-order valence-electron chi connectivity index (χ4n) is 4.12. The molecular formula is C18H37B. The normalized spacial score (nSPS) is 24.8. The van der Waals surface area contributed by atoms with E-state index in [9.17, 15) is 0 Å². The Balaban J connectivity index is 2.78. The molecule has 1 fully saturated rings. The molecule has 1 aliphatic rings. The van der Waals surface area contributed by atoms with Gasteiger partial charge < -0.3 is 0 Å². The highest BCUT2D eigenvalue weighted by atomic mass is 14.3. The van der Waals surface area contributed by atoms with Gasteiger partial charge in [0.2, 0.25) is 0 Å². The number of hydrogen-bond donors (Lipinski definition) is 0. The summed E-state index contributed by atoms with van der Waals surface area (Å²) in [6, 6.07) is 0. The maximum absolute atomic E-state index is 2.54. The average Bonchev–Trinajstić information content (AvgIpc) is 2.35. The highest BCUT2D eigenvalue weighted by Crippen LogP contribution is 2.50. The first-order valence-corrected chi connectivity index (χ1v) is 8.91. The van der Waals surface area contributed by atoms with Gasteiger partial charge in [-0.2, -0.15) is 0 Å². The van der Waals surface area contributed by atoms with Gasteiger partial charge in [-0.1, -0.05) is 104 Å². The third-order valence-corrected chi connectivity index (χ3v) is 6.26. The molecule has 0 heterocycles. The van der Waals surface area contributed by atoms with Crippen LogP contribution >= 0.6 is 0 Å². The van der Waals surface area contributed by atoms with Crippen LogP contribution < -0.4 is 0 Å². The zero-order valence-corrected chi connectivity index (χ0v) is 14.5. The lowest BCUT2D eigenvalue weighted by atomic mass is 9.22. The highest BCUT2D eigenvalue weighted by molar-refractivity contribution is 6.63. The Hall–Kier alpha value is 0.0649. The predicted octanol–water partition coefficient (Wildman–Crippen LogP) is 6.69. The van der Waals surface area contributed by atoms with Crippen LogP contribution in [0.2, 0.25) is 17.5 Å². The van der Waals surface area contributed by atoms with Crippen LogP contribution in [0, 0.1) is 11.8 Å². The van der Waals surface area contributed by atoms with Crippen LogP contribution in [0.3, 0.4) is 0 Å². The molecule has 1 saturated carbocycles. The van der Waals surface area contributed by atoms with Crippen molar-refractivity contribution < 1.29 is 0 Å². The van der Waals surface area contributed by atoms with Crippen molar-refractivity contribution in [2.24, 2.45) is 11.8 Å². The van der Waals surface area contributed by atoms with Gasteiger partial charge >= 0.3 is 0 Å². The second-order valence-corrected chi connectivity index (χ2v) is 8.00. The fraction of sp³-hybridized carbons (Fsp3) is 1.00. The van der Waals surface area contributed by atoms with Gasteiger partial charge in [-0.25, -0.2) is 0 Å². The third kappa shape index (κ3) is 4.53. The van der Waals surface area contributed by atoms with E-state index < -0.39 is 0 Å². The summed E-state index contributed by atoms with van der Waals surface area (Å²) in [6.07, 6.45) is 11.6. The molecule has 19 heavy (non-hydrogen) atoms. The summed E-state index contributed by atoms with van der Waals surface area (Å²) in [7, 11) is 0. The zero-order chi connectivity index (χ0) is 14.5. The lowest BCUT2D eigenvalue weighted by Gasteiger charge is -2.44. The molecule has 0 aromatic rings. The molecule has 0 aromatic carbocycles. The molecular weight excluding hydrogens is 227 g/mol. The van der Waals surface area contributed by atoms with E-state index in [-0.39, 0.29) is 0 Å². The lowest BCUT2D eigenvalue weighted by molar-refractivity contribution is 0.358. The smallest absolute Gasteiger partial charge is 0.0735 e. The molecule has 0 aromatic heterocycles. The molecule has 0 amide bonds. The Labute approximate surface area is 123 Å². The van der Waals surface area contributed by atoms with Crippen molar-refractivity contribution in [3.63, 3.8) is 0 Å². The van der Waals surface area contributed by atoms with Gasteiger partial charge in [0.15, 0.2) is 0 Å². The number of unbranched alkanes of at least 4 members (excludes halogenated alkanes) is 2. The second kappa shape index (κ2) is 7.74. The van der Waals surface area contributed by atoms with E-state index in [1.165, 1.54) is 51.3 Å². The maximum Gasteiger partial charge on any atom is 0.149 e. The maximum atomic E-state index is 2.54. The van der Waals surface area contributed by atoms with Gasteiger partial charge in [0.25, 0.3) is 0 Å². The summed E-state index contributed by atoms with van der Waals surface area (Å²) in [5, 5.41) is 0.504. The first kappa shape index (κ1) is 17.1. The second-order valence-electron chi connectivity index (χ2n) is 8.00. The molecule has 0 saturated heterocycles. The van der Waals surface area contributed by atoms with Crippen molar-refractivity contribution in [1.82, 2.24) is 0 Å². The van der Waals surface area contributed by atoms with Crippen LogP contribution in [0.5, 0.6) is 0 Å². The molecule has 0 nitrogen and oxygen atoms in total. The monoisotopic (exact) mass is 264 g/mol. The Morgan fingerprint density at radius 1 is 1.11 bits per heavy atom. The van der Waals surface area contributed by atoms with E-state index in [4.69, 9.17) is 0 Å². The first-order chi connectivity index (χ1) is 8.91. The van der Waals surface area contributed by atoms with Crippen LogP contribution in [-0.2, 0) is 0 Å². The lowest BCUT2D eigenvalue weighted by Crippen LogP contribution is -2.39. The molecule has 1 aliphatic carbocycles. The summed E-state index contributed by atoms with van der Waals surface area (Å²) < 4.78 is 0. The van der Waals surface area contributed by atoms with Crippen LogP contribution in [0.15, 0.2) is 0 Å². The molecule has 0 unspecified atom stereocenters. The minimum atomic E-state index is 0.504. The van der Waals surface area contributed by atoms with Crippen LogP contribution in [0.1, 0.15) is 86.5 Å². The van der Waals surface area contributed by atoms with Crippen molar-refractivity contribution in [3.8, 4) is 0 Å². The van der Waals surface area contributed by atoms with E-state index in [0.717, 1.165) is 24.4 Å². The molecule has 0 radical (unpaired) electrons. The Kier molecular flexibility index (Phi) is 6.98. The standard InChI is InChI=1S/C18H37B/c1-7-8-11-14-19(18(5,6)15(2)3)17-13-10-9-12-16(17)4/h15-17H,7-14H2,1-6H3/t16-,17-/m0/s1. The van der Waals surface area contributed by atoms with Crippen LogP contribution in [0.25, 0.3) is 0 Å². The quantitative estimate of drug-likeness (QED) is 0.355. The van der Waals surface area contributed by atoms with E-state index in [2.05, 4.69) is 41.5 Å². The SMILES string of the molecule is CCCCCB([C@H]1CCCC[C@@H]1C)C(C)(C)C(C)C. The molecule has 0 bridgehead atoms. The molecule has 0 aliphatic heterocycles. The van der Waals surface area contributed by atoms with E-state index in [1.807, 2.05) is 0 Å². The van der Waals surface area contributed by atoms with E-state index in [0.29, 0.717) is 5.31 Å². The van der Waals surface area contributed by atoms with Crippen molar-refractivity contribution >= 4 is 6.71 Å².